The van der Waals surface area contributed by atoms with Crippen molar-refractivity contribution in [2.45, 2.75) is 47.0 Å². The summed E-state index contributed by atoms with van der Waals surface area (Å²) in [7, 11) is 0. The molecule has 0 spiro atoms. The second kappa shape index (κ2) is 6.08. The predicted octanol–water partition coefficient (Wildman–Crippen LogP) is 4.33. The second-order valence-electron chi connectivity index (χ2n) is 5.28. The van der Waals surface area contributed by atoms with Crippen LogP contribution in [0.15, 0.2) is 24.4 Å². The first-order valence-electron chi connectivity index (χ1n) is 7.47. The van der Waals surface area contributed by atoms with Gasteiger partial charge in [0.05, 0.1) is 0 Å². The number of anilines is 1. The molecule has 0 fully saturated rings. The number of aromatic nitrogens is 1. The largest absolute Gasteiger partial charge is 0.383 e. The van der Waals surface area contributed by atoms with E-state index in [1.165, 1.54) is 27.8 Å². The first kappa shape index (κ1) is 14.6. The van der Waals surface area contributed by atoms with E-state index >= 15 is 0 Å². The Bertz CT molecular complexity index is 590. The molecule has 0 aliphatic carbocycles. The smallest absolute Gasteiger partial charge is 0.126 e. The van der Waals surface area contributed by atoms with Crippen molar-refractivity contribution in [1.82, 2.24) is 4.98 Å². The lowest BCUT2D eigenvalue weighted by atomic mass is 9.89. The van der Waals surface area contributed by atoms with Crippen molar-refractivity contribution < 1.29 is 0 Å². The van der Waals surface area contributed by atoms with Crippen LogP contribution in [0.4, 0.5) is 5.82 Å². The van der Waals surface area contributed by atoms with E-state index in [9.17, 15) is 0 Å². The van der Waals surface area contributed by atoms with Gasteiger partial charge in [0, 0.05) is 11.8 Å². The topological polar surface area (TPSA) is 38.9 Å². The fraction of sp³-hybridized carbons (Fsp3) is 0.389. The molecule has 0 unspecified atom stereocenters. The van der Waals surface area contributed by atoms with Gasteiger partial charge < -0.3 is 5.73 Å². The highest BCUT2D eigenvalue weighted by molar-refractivity contribution is 5.73. The fourth-order valence-electron chi connectivity index (χ4n) is 2.69. The summed E-state index contributed by atoms with van der Waals surface area (Å²) in [6, 6.07) is 6.82. The highest BCUT2D eigenvalue weighted by atomic mass is 14.8. The van der Waals surface area contributed by atoms with Crippen LogP contribution in [-0.4, -0.2) is 4.98 Å². The van der Waals surface area contributed by atoms with Crippen LogP contribution in [0.1, 0.15) is 43.0 Å². The lowest BCUT2D eigenvalue weighted by molar-refractivity contribution is 1.04. The molecule has 20 heavy (non-hydrogen) atoms. The number of nitrogens with two attached hydrogens (primary N) is 1. The van der Waals surface area contributed by atoms with Crippen molar-refractivity contribution in [3.63, 3.8) is 0 Å². The maximum Gasteiger partial charge on any atom is 0.126 e. The average Bonchev–Trinajstić information content (AvgIpc) is 2.48. The van der Waals surface area contributed by atoms with E-state index in [0.717, 1.165) is 24.8 Å². The molecule has 2 heteroatoms. The quantitative estimate of drug-likeness (QED) is 0.896. The third kappa shape index (κ3) is 2.69. The van der Waals surface area contributed by atoms with Crippen LogP contribution in [-0.2, 0) is 19.3 Å². The number of nitrogen functional groups attached to an aromatic ring is 1. The van der Waals surface area contributed by atoms with Crippen LogP contribution in [0.5, 0.6) is 0 Å². The molecule has 106 valence electrons. The van der Waals surface area contributed by atoms with E-state index in [1.54, 1.807) is 0 Å². The van der Waals surface area contributed by atoms with Crippen molar-refractivity contribution in [3.05, 3.63) is 46.6 Å². The monoisotopic (exact) mass is 268 g/mol. The summed E-state index contributed by atoms with van der Waals surface area (Å²) in [6.45, 7) is 8.66. The van der Waals surface area contributed by atoms with Crippen LogP contribution >= 0.6 is 0 Å². The second-order valence-corrected chi connectivity index (χ2v) is 5.28. The van der Waals surface area contributed by atoms with Gasteiger partial charge in [0.25, 0.3) is 0 Å². The Kier molecular flexibility index (Phi) is 4.43. The minimum Gasteiger partial charge on any atom is -0.383 e. The normalized spacial score (nSPS) is 10.8. The highest BCUT2D eigenvalue weighted by Crippen LogP contribution is 2.31. The van der Waals surface area contributed by atoms with E-state index in [1.807, 2.05) is 13.1 Å². The molecule has 0 amide bonds. The van der Waals surface area contributed by atoms with Gasteiger partial charge in [-0.25, -0.2) is 4.98 Å². The van der Waals surface area contributed by atoms with Crippen LogP contribution in [0.2, 0.25) is 0 Å². The zero-order valence-electron chi connectivity index (χ0n) is 13.0. The molecule has 0 saturated carbocycles. The predicted molar refractivity (Wildman–Crippen MR) is 87.0 cm³/mol. The summed E-state index contributed by atoms with van der Waals surface area (Å²) < 4.78 is 0. The Morgan fingerprint density at radius 3 is 2.00 bits per heavy atom. The third-order valence-corrected chi connectivity index (χ3v) is 3.94. The SMILES string of the molecule is CCc1cc(CC)c(-c2cnc(N)c(C)c2)c(CC)c1. The highest BCUT2D eigenvalue weighted by Gasteiger charge is 2.12. The summed E-state index contributed by atoms with van der Waals surface area (Å²) in [5.74, 6) is 0.620. The lowest BCUT2D eigenvalue weighted by Crippen LogP contribution is -2.00. The minimum atomic E-state index is 0.620. The number of pyridine rings is 1. The van der Waals surface area contributed by atoms with E-state index < -0.39 is 0 Å². The van der Waals surface area contributed by atoms with Crippen molar-refractivity contribution in [2.75, 3.05) is 5.73 Å². The van der Waals surface area contributed by atoms with Crippen molar-refractivity contribution in [1.29, 1.82) is 0 Å². The van der Waals surface area contributed by atoms with Gasteiger partial charge in [0.2, 0.25) is 0 Å². The van der Waals surface area contributed by atoms with E-state index in [2.05, 4.69) is 44.0 Å². The minimum absolute atomic E-state index is 0.620. The standard InChI is InChI=1S/C18H24N2/c1-5-13-9-14(6-2)17(15(7-3)10-13)16-8-12(4)18(19)20-11-16/h8-11H,5-7H2,1-4H3,(H2,19,20). The van der Waals surface area contributed by atoms with Crippen molar-refractivity contribution in [2.24, 2.45) is 0 Å². The Hall–Kier alpha value is -1.83. The number of benzene rings is 1. The molecule has 2 N–H and O–H groups in total. The summed E-state index contributed by atoms with van der Waals surface area (Å²) in [6.07, 6.45) is 5.07. The van der Waals surface area contributed by atoms with Crippen LogP contribution in [0.25, 0.3) is 11.1 Å². The van der Waals surface area contributed by atoms with Crippen molar-refractivity contribution in [3.8, 4) is 11.1 Å². The molecule has 0 radical (unpaired) electrons. The van der Waals surface area contributed by atoms with Crippen molar-refractivity contribution >= 4 is 5.82 Å². The van der Waals surface area contributed by atoms with E-state index in [0.29, 0.717) is 5.82 Å². The third-order valence-electron chi connectivity index (χ3n) is 3.94. The Morgan fingerprint density at radius 2 is 1.55 bits per heavy atom. The van der Waals surface area contributed by atoms with Crippen LogP contribution in [0, 0.1) is 6.92 Å². The van der Waals surface area contributed by atoms with Gasteiger partial charge in [-0.2, -0.15) is 0 Å². The molecule has 1 heterocycles. The molecule has 0 bridgehead atoms. The van der Waals surface area contributed by atoms with Gasteiger partial charge in [-0.05, 0) is 60.1 Å². The number of hydrogen-bond acceptors (Lipinski definition) is 2. The van der Waals surface area contributed by atoms with Crippen LogP contribution in [0.3, 0.4) is 0 Å². The van der Waals surface area contributed by atoms with Gasteiger partial charge in [-0.15, -0.1) is 0 Å². The lowest BCUT2D eigenvalue weighted by Gasteiger charge is -2.16. The summed E-state index contributed by atoms with van der Waals surface area (Å²) in [5.41, 5.74) is 13.7. The molecule has 2 nitrogen and oxygen atoms in total. The molecule has 1 aromatic carbocycles. The molecule has 1 aromatic heterocycles. The average molecular weight is 268 g/mol. The molecular weight excluding hydrogens is 244 g/mol. The Labute approximate surface area is 122 Å². The molecular formula is C18H24N2. The summed E-state index contributed by atoms with van der Waals surface area (Å²) in [4.78, 5) is 4.33. The molecule has 0 aliphatic heterocycles. The zero-order chi connectivity index (χ0) is 14.7. The van der Waals surface area contributed by atoms with Gasteiger partial charge in [-0.3, -0.25) is 0 Å². The molecule has 2 aromatic rings. The Morgan fingerprint density at radius 1 is 0.950 bits per heavy atom. The van der Waals surface area contributed by atoms with Gasteiger partial charge in [0.15, 0.2) is 0 Å². The summed E-state index contributed by atoms with van der Waals surface area (Å²) in [5, 5.41) is 0. The summed E-state index contributed by atoms with van der Waals surface area (Å²) >= 11 is 0. The Balaban J connectivity index is 2.67. The van der Waals surface area contributed by atoms with E-state index in [4.69, 9.17) is 5.73 Å². The molecule has 2 rings (SSSR count). The molecule has 0 saturated heterocycles. The maximum atomic E-state index is 5.84. The maximum absolute atomic E-state index is 5.84. The fourth-order valence-corrected chi connectivity index (χ4v) is 2.69. The number of hydrogen-bond donors (Lipinski definition) is 1. The number of aryl methyl sites for hydroxylation is 4. The number of nitrogens with zero attached hydrogens (tertiary/aromatic N) is 1. The first-order valence-corrected chi connectivity index (χ1v) is 7.47. The van der Waals surface area contributed by atoms with E-state index in [-0.39, 0.29) is 0 Å². The molecule has 0 aliphatic rings. The van der Waals surface area contributed by atoms with Gasteiger partial charge in [0.1, 0.15) is 5.82 Å². The van der Waals surface area contributed by atoms with Gasteiger partial charge in [-0.1, -0.05) is 32.9 Å². The number of rotatable bonds is 4. The molecule has 0 atom stereocenters. The van der Waals surface area contributed by atoms with Crippen LogP contribution < -0.4 is 5.73 Å². The first-order chi connectivity index (χ1) is 9.60. The zero-order valence-corrected chi connectivity index (χ0v) is 13.0. The van der Waals surface area contributed by atoms with Gasteiger partial charge >= 0.3 is 0 Å².